The molecule has 1 aromatic heterocycles. The first-order chi connectivity index (χ1) is 13.7. The molecule has 0 radical (unpaired) electrons. The molecular formula is C22H27N3O3. The van der Waals surface area contributed by atoms with Gasteiger partial charge in [0, 0.05) is 36.2 Å². The van der Waals surface area contributed by atoms with E-state index in [1.807, 2.05) is 48.4 Å². The molecule has 2 aliphatic rings. The van der Waals surface area contributed by atoms with Crippen molar-refractivity contribution >= 4 is 11.7 Å². The quantitative estimate of drug-likeness (QED) is 0.863. The fourth-order valence-corrected chi connectivity index (χ4v) is 3.94. The van der Waals surface area contributed by atoms with Crippen LogP contribution < -0.4 is 14.8 Å². The van der Waals surface area contributed by atoms with Gasteiger partial charge >= 0.3 is 6.03 Å². The van der Waals surface area contributed by atoms with Gasteiger partial charge in [0.05, 0.1) is 0 Å². The summed E-state index contributed by atoms with van der Waals surface area (Å²) in [5.41, 5.74) is 2.83. The number of anilines is 1. The van der Waals surface area contributed by atoms with E-state index >= 15 is 0 Å². The van der Waals surface area contributed by atoms with Crippen LogP contribution in [0.4, 0.5) is 10.5 Å². The summed E-state index contributed by atoms with van der Waals surface area (Å²) in [5, 5.41) is 3.09. The third kappa shape index (κ3) is 4.21. The predicted molar refractivity (Wildman–Crippen MR) is 108 cm³/mol. The number of rotatable bonds is 4. The van der Waals surface area contributed by atoms with Crippen LogP contribution in [0, 0.1) is 6.92 Å². The van der Waals surface area contributed by atoms with E-state index in [1.165, 1.54) is 6.42 Å². The molecule has 0 bridgehead atoms. The lowest BCUT2D eigenvalue weighted by Crippen LogP contribution is -2.46. The Balaban J connectivity index is 1.43. The molecule has 4 rings (SSSR count). The molecule has 1 atom stereocenters. The molecule has 3 heterocycles. The smallest absolute Gasteiger partial charge is 0.322 e. The Hall–Kier alpha value is -2.76. The lowest BCUT2D eigenvalue weighted by Gasteiger charge is -2.36. The molecule has 2 amide bonds. The van der Waals surface area contributed by atoms with Crippen LogP contribution in [0.2, 0.25) is 0 Å². The van der Waals surface area contributed by atoms with Crippen molar-refractivity contribution in [2.45, 2.75) is 45.1 Å². The number of amides is 2. The van der Waals surface area contributed by atoms with Gasteiger partial charge in [-0.3, -0.25) is 4.98 Å². The minimum Gasteiger partial charge on any atom is -0.486 e. The number of likely N-dealkylation sites (tertiary alicyclic amines) is 1. The lowest BCUT2D eigenvalue weighted by atomic mass is 9.97. The van der Waals surface area contributed by atoms with Crippen LogP contribution in [0.5, 0.6) is 11.5 Å². The highest BCUT2D eigenvalue weighted by molar-refractivity contribution is 5.91. The molecule has 148 valence electrons. The van der Waals surface area contributed by atoms with E-state index in [9.17, 15) is 4.79 Å². The first kappa shape index (κ1) is 18.6. The molecule has 0 saturated carbocycles. The summed E-state index contributed by atoms with van der Waals surface area (Å²) in [5.74, 6) is 1.44. The average molecular weight is 381 g/mol. The second-order valence-electron chi connectivity index (χ2n) is 7.44. The van der Waals surface area contributed by atoms with Crippen molar-refractivity contribution < 1.29 is 14.3 Å². The van der Waals surface area contributed by atoms with Crippen molar-refractivity contribution in [3.63, 3.8) is 0 Å². The number of nitrogens with one attached hydrogen (secondary N) is 1. The van der Waals surface area contributed by atoms with Gasteiger partial charge in [-0.05, 0) is 62.8 Å². The highest BCUT2D eigenvalue weighted by Gasteiger charge is 2.27. The largest absolute Gasteiger partial charge is 0.486 e. The summed E-state index contributed by atoms with van der Waals surface area (Å²) in [4.78, 5) is 19.4. The molecule has 1 fully saturated rings. The van der Waals surface area contributed by atoms with Crippen molar-refractivity contribution in [2.24, 2.45) is 0 Å². The number of ether oxygens (including phenoxy) is 2. The van der Waals surface area contributed by atoms with Crippen LogP contribution in [-0.4, -0.2) is 41.7 Å². The maximum atomic E-state index is 13.0. The Kier molecular flexibility index (Phi) is 5.65. The number of carbonyl (C=O) groups is 1. The number of carbonyl (C=O) groups excluding carboxylic acids is 1. The van der Waals surface area contributed by atoms with Gasteiger partial charge in [0.25, 0.3) is 0 Å². The summed E-state index contributed by atoms with van der Waals surface area (Å²) in [6.45, 7) is 3.86. The van der Waals surface area contributed by atoms with Crippen molar-refractivity contribution in [2.75, 3.05) is 25.1 Å². The van der Waals surface area contributed by atoms with Gasteiger partial charge < -0.3 is 19.7 Å². The van der Waals surface area contributed by atoms with E-state index in [-0.39, 0.29) is 12.1 Å². The van der Waals surface area contributed by atoms with Crippen LogP contribution in [-0.2, 0) is 6.42 Å². The van der Waals surface area contributed by atoms with Gasteiger partial charge in [0.2, 0.25) is 0 Å². The van der Waals surface area contributed by atoms with Crippen molar-refractivity contribution in [1.29, 1.82) is 0 Å². The molecule has 2 aliphatic heterocycles. The molecule has 1 unspecified atom stereocenters. The third-order valence-corrected chi connectivity index (χ3v) is 5.48. The number of pyridine rings is 1. The molecule has 0 aliphatic carbocycles. The van der Waals surface area contributed by atoms with Gasteiger partial charge in [-0.15, -0.1) is 0 Å². The van der Waals surface area contributed by atoms with Gasteiger partial charge in [-0.1, -0.05) is 6.07 Å². The number of benzene rings is 1. The fraction of sp³-hybridized carbons (Fsp3) is 0.455. The van der Waals surface area contributed by atoms with E-state index in [2.05, 4.69) is 10.3 Å². The lowest BCUT2D eigenvalue weighted by molar-refractivity contribution is 0.158. The Morgan fingerprint density at radius 2 is 2.04 bits per heavy atom. The number of fused-ring (bicyclic) bond motifs is 1. The van der Waals surface area contributed by atoms with Gasteiger partial charge in [-0.2, -0.15) is 0 Å². The summed E-state index contributed by atoms with van der Waals surface area (Å²) in [6, 6.07) is 10.00. The first-order valence-electron chi connectivity index (χ1n) is 10.1. The molecule has 1 N–H and O–H groups in total. The molecule has 28 heavy (non-hydrogen) atoms. The second kappa shape index (κ2) is 8.50. The van der Waals surface area contributed by atoms with E-state index < -0.39 is 0 Å². The molecular weight excluding hydrogens is 354 g/mol. The highest BCUT2D eigenvalue weighted by atomic mass is 16.6. The highest BCUT2D eigenvalue weighted by Crippen LogP contribution is 2.35. The van der Waals surface area contributed by atoms with Crippen LogP contribution >= 0.6 is 0 Å². The van der Waals surface area contributed by atoms with Gasteiger partial charge in [0.1, 0.15) is 13.2 Å². The molecule has 2 aromatic rings. The summed E-state index contributed by atoms with van der Waals surface area (Å²) in [6.07, 6.45) is 6.90. The molecule has 6 heteroatoms. The number of nitrogens with zero attached hydrogens (tertiary/aromatic N) is 2. The van der Waals surface area contributed by atoms with Gasteiger partial charge in [-0.25, -0.2) is 4.79 Å². The van der Waals surface area contributed by atoms with Crippen molar-refractivity contribution in [3.8, 4) is 11.5 Å². The minimum atomic E-state index is -0.0366. The van der Waals surface area contributed by atoms with Crippen molar-refractivity contribution in [1.82, 2.24) is 9.88 Å². The molecule has 1 saturated heterocycles. The van der Waals surface area contributed by atoms with Crippen LogP contribution in [0.1, 0.15) is 36.9 Å². The Morgan fingerprint density at radius 3 is 2.82 bits per heavy atom. The van der Waals surface area contributed by atoms with E-state index in [4.69, 9.17) is 9.47 Å². The number of hydrogen-bond acceptors (Lipinski definition) is 4. The third-order valence-electron chi connectivity index (χ3n) is 5.48. The van der Waals surface area contributed by atoms with E-state index in [0.29, 0.717) is 19.0 Å². The normalized spacial score (nSPS) is 18.6. The average Bonchev–Trinajstić information content (AvgIpc) is 2.73. The summed E-state index contributed by atoms with van der Waals surface area (Å²) >= 11 is 0. The molecule has 0 spiro atoms. The predicted octanol–water partition coefficient (Wildman–Crippen LogP) is 4.18. The molecule has 1 aromatic carbocycles. The zero-order valence-corrected chi connectivity index (χ0v) is 16.3. The number of aryl methyl sites for hydroxylation is 2. The number of hydrogen-bond donors (Lipinski definition) is 1. The Morgan fingerprint density at radius 1 is 1.21 bits per heavy atom. The maximum Gasteiger partial charge on any atom is 0.322 e. The molecule has 6 nitrogen and oxygen atoms in total. The zero-order chi connectivity index (χ0) is 19.3. The second-order valence-corrected chi connectivity index (χ2v) is 7.44. The first-order valence-corrected chi connectivity index (χ1v) is 10.1. The fourth-order valence-electron chi connectivity index (χ4n) is 3.94. The van der Waals surface area contributed by atoms with Crippen molar-refractivity contribution in [3.05, 3.63) is 47.8 Å². The monoisotopic (exact) mass is 381 g/mol. The number of urea groups is 1. The van der Waals surface area contributed by atoms with Crippen LogP contribution in [0.15, 0.2) is 36.5 Å². The van der Waals surface area contributed by atoms with Gasteiger partial charge in [0.15, 0.2) is 11.5 Å². The Bertz CT molecular complexity index is 825. The van der Waals surface area contributed by atoms with Crippen LogP contribution in [0.3, 0.4) is 0 Å². The summed E-state index contributed by atoms with van der Waals surface area (Å²) in [7, 11) is 0. The minimum absolute atomic E-state index is 0.0366. The SMILES string of the molecule is Cc1cc2c(cc1NC(=O)N1CCCCC1CCc1ccccn1)OCCO2. The zero-order valence-electron chi connectivity index (χ0n) is 16.3. The van der Waals surface area contributed by atoms with E-state index in [0.717, 1.165) is 54.9 Å². The Labute approximate surface area is 165 Å². The number of aromatic nitrogens is 1. The maximum absolute atomic E-state index is 13.0. The summed E-state index contributed by atoms with van der Waals surface area (Å²) < 4.78 is 11.3. The standard InChI is InChI=1S/C22H27N3O3/c1-16-14-20-21(28-13-12-27-20)15-19(16)24-22(26)25-11-5-3-7-18(25)9-8-17-6-2-4-10-23-17/h2,4,6,10,14-15,18H,3,5,7-9,11-13H2,1H3,(H,24,26). The topological polar surface area (TPSA) is 63.7 Å². The van der Waals surface area contributed by atoms with E-state index in [1.54, 1.807) is 0 Å². The van der Waals surface area contributed by atoms with Crippen LogP contribution in [0.25, 0.3) is 0 Å². The number of piperidine rings is 1.